The zero-order chi connectivity index (χ0) is 23.5. The average molecular weight is 502 g/mol. The minimum absolute atomic E-state index is 0.200. The summed E-state index contributed by atoms with van der Waals surface area (Å²) in [5.41, 5.74) is 1.12. The lowest BCUT2D eigenvalue weighted by atomic mass is 10.1. The lowest BCUT2D eigenvalue weighted by Gasteiger charge is -2.26. The Kier molecular flexibility index (Phi) is 6.70. The molecule has 4 amide bonds. The van der Waals surface area contributed by atoms with Crippen molar-refractivity contribution in [3.05, 3.63) is 98.5 Å². The molecule has 0 aliphatic carbocycles. The number of amides is 4. The van der Waals surface area contributed by atoms with Gasteiger partial charge >= 0.3 is 6.03 Å². The first-order valence-corrected chi connectivity index (χ1v) is 10.8. The van der Waals surface area contributed by atoms with Gasteiger partial charge in [-0.05, 0) is 42.0 Å². The number of ether oxygens (including phenoxy) is 1. The molecule has 0 saturated carbocycles. The van der Waals surface area contributed by atoms with Crippen LogP contribution >= 0.6 is 34.8 Å². The van der Waals surface area contributed by atoms with Gasteiger partial charge in [-0.15, -0.1) is 0 Å². The topological polar surface area (TPSA) is 75.7 Å². The predicted molar refractivity (Wildman–Crippen MR) is 128 cm³/mol. The summed E-state index contributed by atoms with van der Waals surface area (Å²) in [7, 11) is 0. The number of anilines is 1. The van der Waals surface area contributed by atoms with Crippen molar-refractivity contribution in [3.8, 4) is 5.75 Å². The van der Waals surface area contributed by atoms with Gasteiger partial charge in [-0.2, -0.15) is 0 Å². The van der Waals surface area contributed by atoms with E-state index in [-0.39, 0.29) is 33.7 Å². The Hall–Kier alpha value is -3.32. The number of benzene rings is 3. The molecule has 1 N–H and O–H groups in total. The smallest absolute Gasteiger partial charge is 0.335 e. The van der Waals surface area contributed by atoms with Crippen molar-refractivity contribution in [2.45, 2.75) is 6.61 Å². The molecule has 6 nitrogen and oxygen atoms in total. The monoisotopic (exact) mass is 500 g/mol. The van der Waals surface area contributed by atoms with Gasteiger partial charge in [0.05, 0.1) is 10.7 Å². The maximum absolute atomic E-state index is 13.1. The third-order valence-corrected chi connectivity index (χ3v) is 5.47. The van der Waals surface area contributed by atoms with Crippen LogP contribution in [0.5, 0.6) is 5.75 Å². The summed E-state index contributed by atoms with van der Waals surface area (Å²) < 4.78 is 5.89. The Morgan fingerprint density at radius 3 is 2.36 bits per heavy atom. The summed E-state index contributed by atoms with van der Waals surface area (Å²) in [4.78, 5) is 38.9. The quantitative estimate of drug-likeness (QED) is 0.349. The Labute approximate surface area is 204 Å². The van der Waals surface area contributed by atoms with Crippen LogP contribution in [0.25, 0.3) is 6.08 Å². The summed E-state index contributed by atoms with van der Waals surface area (Å²) >= 11 is 18.5. The SMILES string of the molecule is O=C1NC(=O)N(c2cccc(Cl)c2)C(=O)/C1=C/c1cc(Cl)cc(Cl)c1OCc1ccccc1. The van der Waals surface area contributed by atoms with E-state index >= 15 is 0 Å². The number of halogens is 3. The van der Waals surface area contributed by atoms with Crippen molar-refractivity contribution >= 4 is 64.4 Å². The Bertz CT molecular complexity index is 1290. The van der Waals surface area contributed by atoms with Crippen LogP contribution < -0.4 is 15.0 Å². The van der Waals surface area contributed by atoms with Crippen LogP contribution in [-0.4, -0.2) is 17.8 Å². The molecule has 0 unspecified atom stereocenters. The fraction of sp³-hybridized carbons (Fsp3) is 0.0417. The number of imide groups is 2. The number of urea groups is 1. The Morgan fingerprint density at radius 1 is 0.879 bits per heavy atom. The fourth-order valence-corrected chi connectivity index (χ4v) is 3.98. The molecular formula is C24H15Cl3N2O4. The first kappa shape index (κ1) is 22.9. The highest BCUT2D eigenvalue weighted by molar-refractivity contribution is 6.40. The van der Waals surface area contributed by atoms with Gasteiger partial charge in [0.2, 0.25) is 0 Å². The summed E-state index contributed by atoms with van der Waals surface area (Å²) in [6.45, 7) is 0.200. The van der Waals surface area contributed by atoms with E-state index in [1.54, 1.807) is 12.1 Å². The molecule has 0 atom stereocenters. The molecule has 1 aliphatic rings. The van der Waals surface area contributed by atoms with E-state index in [4.69, 9.17) is 39.5 Å². The van der Waals surface area contributed by atoms with Crippen molar-refractivity contribution in [1.82, 2.24) is 5.32 Å². The number of nitrogens with one attached hydrogen (secondary N) is 1. The zero-order valence-corrected chi connectivity index (χ0v) is 19.1. The largest absolute Gasteiger partial charge is 0.487 e. The van der Waals surface area contributed by atoms with Gasteiger partial charge in [-0.3, -0.25) is 14.9 Å². The van der Waals surface area contributed by atoms with E-state index in [1.807, 2.05) is 30.3 Å². The number of barbiturate groups is 1. The van der Waals surface area contributed by atoms with Crippen molar-refractivity contribution < 1.29 is 19.1 Å². The van der Waals surface area contributed by atoms with Gasteiger partial charge in [-0.1, -0.05) is 71.2 Å². The minimum Gasteiger partial charge on any atom is -0.487 e. The third-order valence-electron chi connectivity index (χ3n) is 4.73. The maximum atomic E-state index is 13.1. The second-order valence-corrected chi connectivity index (χ2v) is 8.30. The second kappa shape index (κ2) is 9.67. The molecule has 0 bridgehead atoms. The molecule has 166 valence electrons. The number of carbonyl (C=O) groups excluding carboxylic acids is 3. The van der Waals surface area contributed by atoms with Crippen molar-refractivity contribution in [2.75, 3.05) is 4.90 Å². The van der Waals surface area contributed by atoms with Gasteiger partial charge in [0.15, 0.2) is 0 Å². The second-order valence-electron chi connectivity index (χ2n) is 7.02. The van der Waals surface area contributed by atoms with Gasteiger partial charge < -0.3 is 4.74 Å². The first-order chi connectivity index (χ1) is 15.8. The number of carbonyl (C=O) groups is 3. The normalized spacial score (nSPS) is 15.1. The number of hydrogen-bond donors (Lipinski definition) is 1. The molecule has 0 radical (unpaired) electrons. The molecule has 4 rings (SSSR count). The standard InChI is InChI=1S/C24H15Cl3N2O4/c25-16-7-4-8-18(11-16)29-23(31)19(22(30)28-24(29)32)10-15-9-17(26)12-20(27)21(15)33-13-14-5-2-1-3-6-14/h1-12H,13H2,(H,28,30,32)/b19-10+. The highest BCUT2D eigenvalue weighted by atomic mass is 35.5. The van der Waals surface area contributed by atoms with Crippen LogP contribution in [0.2, 0.25) is 15.1 Å². The van der Waals surface area contributed by atoms with E-state index in [1.165, 1.54) is 30.3 Å². The lowest BCUT2D eigenvalue weighted by Crippen LogP contribution is -2.54. The summed E-state index contributed by atoms with van der Waals surface area (Å²) in [6.07, 6.45) is 1.29. The molecule has 0 spiro atoms. The maximum Gasteiger partial charge on any atom is 0.335 e. The molecule has 1 aliphatic heterocycles. The van der Waals surface area contributed by atoms with Gasteiger partial charge in [0, 0.05) is 15.6 Å². The van der Waals surface area contributed by atoms with Crippen molar-refractivity contribution in [2.24, 2.45) is 0 Å². The van der Waals surface area contributed by atoms with Gasteiger partial charge in [0.25, 0.3) is 11.8 Å². The van der Waals surface area contributed by atoms with E-state index in [9.17, 15) is 14.4 Å². The van der Waals surface area contributed by atoms with Crippen LogP contribution in [0.4, 0.5) is 10.5 Å². The molecular weight excluding hydrogens is 487 g/mol. The third kappa shape index (κ3) is 5.03. The summed E-state index contributed by atoms with van der Waals surface area (Å²) in [6, 6.07) is 17.7. The fourth-order valence-electron chi connectivity index (χ4n) is 3.23. The van der Waals surface area contributed by atoms with Crippen molar-refractivity contribution in [3.63, 3.8) is 0 Å². The van der Waals surface area contributed by atoms with E-state index < -0.39 is 17.8 Å². The molecule has 3 aromatic carbocycles. The Balaban J connectivity index is 1.73. The molecule has 3 aromatic rings. The number of nitrogens with zero attached hydrogens (tertiary/aromatic N) is 1. The minimum atomic E-state index is -0.880. The molecule has 0 aromatic heterocycles. The van der Waals surface area contributed by atoms with E-state index in [0.29, 0.717) is 10.6 Å². The summed E-state index contributed by atoms with van der Waals surface area (Å²) in [5, 5.41) is 2.98. The van der Waals surface area contributed by atoms with Gasteiger partial charge in [-0.25, -0.2) is 9.69 Å². The highest BCUT2D eigenvalue weighted by Gasteiger charge is 2.37. The van der Waals surface area contributed by atoms with Crippen molar-refractivity contribution in [1.29, 1.82) is 0 Å². The highest BCUT2D eigenvalue weighted by Crippen LogP contribution is 2.35. The zero-order valence-electron chi connectivity index (χ0n) is 16.8. The average Bonchev–Trinajstić information content (AvgIpc) is 2.76. The first-order valence-electron chi connectivity index (χ1n) is 9.66. The predicted octanol–water partition coefficient (Wildman–Crippen LogP) is 5.89. The molecule has 1 fully saturated rings. The lowest BCUT2D eigenvalue weighted by molar-refractivity contribution is -0.122. The molecule has 1 heterocycles. The van der Waals surface area contributed by atoms with Crippen LogP contribution in [0.1, 0.15) is 11.1 Å². The Morgan fingerprint density at radius 2 is 1.64 bits per heavy atom. The number of hydrogen-bond acceptors (Lipinski definition) is 4. The molecule has 9 heteroatoms. The van der Waals surface area contributed by atoms with Crippen LogP contribution in [-0.2, 0) is 16.2 Å². The molecule has 33 heavy (non-hydrogen) atoms. The van der Waals surface area contributed by atoms with E-state index in [2.05, 4.69) is 5.32 Å². The van der Waals surface area contributed by atoms with Gasteiger partial charge in [0.1, 0.15) is 17.9 Å². The van der Waals surface area contributed by atoms with E-state index in [0.717, 1.165) is 10.5 Å². The summed E-state index contributed by atoms with van der Waals surface area (Å²) in [5.74, 6) is -1.44. The van der Waals surface area contributed by atoms with Crippen LogP contribution in [0.3, 0.4) is 0 Å². The molecule has 1 saturated heterocycles. The number of rotatable bonds is 5. The van der Waals surface area contributed by atoms with Crippen LogP contribution in [0.15, 0.2) is 72.3 Å². The van der Waals surface area contributed by atoms with Crippen LogP contribution in [0, 0.1) is 0 Å².